The molecule has 0 N–H and O–H groups in total. The average Bonchev–Trinajstić information content (AvgIpc) is 2.45. The predicted octanol–water partition coefficient (Wildman–Crippen LogP) is 4.24. The minimum atomic E-state index is 0.953. The van der Waals surface area contributed by atoms with Gasteiger partial charge in [0.1, 0.15) is 0 Å². The maximum atomic E-state index is 4.78. The number of hydrogen-bond acceptors (Lipinski definition) is 2. The molecule has 2 nitrogen and oxygen atoms in total. The van der Waals surface area contributed by atoms with Crippen molar-refractivity contribution >= 4 is 32.8 Å². The van der Waals surface area contributed by atoms with Crippen molar-refractivity contribution in [1.29, 1.82) is 0 Å². The summed E-state index contributed by atoms with van der Waals surface area (Å²) in [4.78, 5) is 9.51. The zero-order valence-corrected chi connectivity index (χ0v) is 10.6. The molecule has 0 saturated carbocycles. The highest BCUT2D eigenvalue weighted by atomic mass is 14.8. The van der Waals surface area contributed by atoms with Gasteiger partial charge in [0.05, 0.1) is 22.1 Å². The molecule has 0 aliphatic rings. The van der Waals surface area contributed by atoms with E-state index in [-0.39, 0.29) is 0 Å². The molecule has 0 bridgehead atoms. The zero-order valence-electron chi connectivity index (χ0n) is 10.6. The van der Waals surface area contributed by atoms with Gasteiger partial charge in [-0.1, -0.05) is 36.4 Å². The van der Waals surface area contributed by atoms with Crippen molar-refractivity contribution < 1.29 is 0 Å². The second kappa shape index (κ2) is 3.75. The Morgan fingerprint density at radius 2 is 1.58 bits per heavy atom. The van der Waals surface area contributed by atoms with E-state index in [4.69, 9.17) is 9.97 Å². The second-order valence-corrected chi connectivity index (χ2v) is 4.87. The van der Waals surface area contributed by atoms with Gasteiger partial charge in [-0.05, 0) is 36.1 Å². The largest absolute Gasteiger partial charge is 0.244 e. The molecule has 2 heteroatoms. The smallest absolute Gasteiger partial charge is 0.0972 e. The van der Waals surface area contributed by atoms with Crippen molar-refractivity contribution in [2.24, 2.45) is 0 Å². The van der Waals surface area contributed by atoms with Gasteiger partial charge in [0.25, 0.3) is 0 Å². The molecule has 0 unspecified atom stereocenters. The van der Waals surface area contributed by atoms with Gasteiger partial charge in [0.15, 0.2) is 0 Å². The van der Waals surface area contributed by atoms with E-state index in [2.05, 4.69) is 37.3 Å². The van der Waals surface area contributed by atoms with Crippen LogP contribution in [0.5, 0.6) is 0 Å². The minimum absolute atomic E-state index is 0.953. The van der Waals surface area contributed by atoms with E-state index in [1.54, 1.807) is 0 Å². The van der Waals surface area contributed by atoms with Crippen LogP contribution in [0, 0.1) is 6.92 Å². The predicted molar refractivity (Wildman–Crippen MR) is 79.3 cm³/mol. The molecule has 0 radical (unpaired) electrons. The molecule has 0 fully saturated rings. The van der Waals surface area contributed by atoms with Gasteiger partial charge in [-0.25, -0.2) is 9.97 Å². The van der Waals surface area contributed by atoms with Gasteiger partial charge in [-0.15, -0.1) is 0 Å². The fourth-order valence-electron chi connectivity index (χ4n) is 2.52. The van der Waals surface area contributed by atoms with Crippen LogP contribution in [-0.4, -0.2) is 9.97 Å². The molecule has 0 atom stereocenters. The van der Waals surface area contributed by atoms with E-state index in [0.717, 1.165) is 27.5 Å². The lowest BCUT2D eigenvalue weighted by molar-refractivity contribution is 1.38. The Labute approximate surface area is 110 Å². The van der Waals surface area contributed by atoms with Gasteiger partial charge in [0, 0.05) is 5.39 Å². The molecule has 0 spiro atoms. The fourth-order valence-corrected chi connectivity index (χ4v) is 2.52. The lowest BCUT2D eigenvalue weighted by atomic mass is 10.1. The number of fused-ring (bicyclic) bond motifs is 4. The van der Waals surface area contributed by atoms with Gasteiger partial charge in [0.2, 0.25) is 0 Å². The van der Waals surface area contributed by atoms with Crippen molar-refractivity contribution in [3.8, 4) is 0 Å². The Kier molecular flexibility index (Phi) is 2.06. The maximum Gasteiger partial charge on any atom is 0.0972 e. The third kappa shape index (κ3) is 1.57. The molecule has 0 aliphatic carbocycles. The van der Waals surface area contributed by atoms with Gasteiger partial charge < -0.3 is 0 Å². The van der Waals surface area contributed by atoms with Crippen molar-refractivity contribution in [3.05, 3.63) is 60.2 Å². The number of nitrogens with zero attached hydrogens (tertiary/aromatic N) is 2. The van der Waals surface area contributed by atoms with E-state index in [1.165, 1.54) is 10.9 Å². The van der Waals surface area contributed by atoms with Crippen molar-refractivity contribution in [3.63, 3.8) is 0 Å². The number of aromatic nitrogens is 2. The summed E-state index contributed by atoms with van der Waals surface area (Å²) in [5.41, 5.74) is 5.06. The summed E-state index contributed by atoms with van der Waals surface area (Å²) in [5, 5.41) is 2.37. The summed E-state index contributed by atoms with van der Waals surface area (Å²) in [6.45, 7) is 2.08. The standard InChI is InChI=1S/C17H12N2/c1-11-6-8-14-16(10-11)18-15-9-7-12-4-2-3-5-13(12)17(15)19-14/h2-10H,1H3. The van der Waals surface area contributed by atoms with E-state index in [1.807, 2.05) is 24.3 Å². The van der Waals surface area contributed by atoms with Crippen LogP contribution in [0.25, 0.3) is 32.8 Å². The summed E-state index contributed by atoms with van der Waals surface area (Å²) in [5.74, 6) is 0. The Morgan fingerprint density at radius 1 is 0.737 bits per heavy atom. The summed E-state index contributed by atoms with van der Waals surface area (Å²) in [6, 6.07) is 18.7. The number of benzene rings is 3. The van der Waals surface area contributed by atoms with Gasteiger partial charge in [-0.3, -0.25) is 0 Å². The van der Waals surface area contributed by atoms with Crippen molar-refractivity contribution in [2.45, 2.75) is 6.92 Å². The van der Waals surface area contributed by atoms with E-state index < -0.39 is 0 Å². The number of aryl methyl sites for hydroxylation is 1. The number of hydrogen-bond donors (Lipinski definition) is 0. The van der Waals surface area contributed by atoms with Crippen LogP contribution in [0.15, 0.2) is 54.6 Å². The highest BCUT2D eigenvalue weighted by Gasteiger charge is 2.05. The van der Waals surface area contributed by atoms with E-state index in [9.17, 15) is 0 Å². The first kappa shape index (κ1) is 10.4. The van der Waals surface area contributed by atoms with Crippen LogP contribution in [0.2, 0.25) is 0 Å². The summed E-state index contributed by atoms with van der Waals surface area (Å²) in [7, 11) is 0. The molecular weight excluding hydrogens is 232 g/mol. The zero-order chi connectivity index (χ0) is 12.8. The SMILES string of the molecule is Cc1ccc2nc3c(ccc4ccccc43)nc2c1. The lowest BCUT2D eigenvalue weighted by Crippen LogP contribution is -1.89. The van der Waals surface area contributed by atoms with Crippen molar-refractivity contribution in [1.82, 2.24) is 9.97 Å². The molecule has 1 heterocycles. The van der Waals surface area contributed by atoms with E-state index in [0.29, 0.717) is 0 Å². The van der Waals surface area contributed by atoms with Crippen LogP contribution in [0.1, 0.15) is 5.56 Å². The Bertz CT molecular complexity index is 926. The molecule has 4 aromatic rings. The molecule has 0 saturated heterocycles. The highest BCUT2D eigenvalue weighted by Crippen LogP contribution is 2.24. The monoisotopic (exact) mass is 244 g/mol. The van der Waals surface area contributed by atoms with Crippen LogP contribution in [0.4, 0.5) is 0 Å². The highest BCUT2D eigenvalue weighted by molar-refractivity contribution is 6.05. The molecule has 0 amide bonds. The first-order valence-corrected chi connectivity index (χ1v) is 6.37. The third-order valence-corrected chi connectivity index (χ3v) is 3.48. The third-order valence-electron chi connectivity index (χ3n) is 3.48. The molecule has 0 aliphatic heterocycles. The van der Waals surface area contributed by atoms with Crippen LogP contribution < -0.4 is 0 Å². The molecule has 4 rings (SSSR count). The molecule has 90 valence electrons. The summed E-state index contributed by atoms with van der Waals surface area (Å²) in [6.07, 6.45) is 0. The summed E-state index contributed by atoms with van der Waals surface area (Å²) >= 11 is 0. The topological polar surface area (TPSA) is 25.8 Å². The molecule has 3 aromatic carbocycles. The Morgan fingerprint density at radius 3 is 2.53 bits per heavy atom. The van der Waals surface area contributed by atoms with Gasteiger partial charge in [-0.2, -0.15) is 0 Å². The van der Waals surface area contributed by atoms with Crippen LogP contribution in [-0.2, 0) is 0 Å². The molecular formula is C17H12N2. The van der Waals surface area contributed by atoms with Gasteiger partial charge >= 0.3 is 0 Å². The van der Waals surface area contributed by atoms with Crippen LogP contribution >= 0.6 is 0 Å². The quantitative estimate of drug-likeness (QED) is 0.341. The number of rotatable bonds is 0. The molecule has 19 heavy (non-hydrogen) atoms. The minimum Gasteiger partial charge on any atom is -0.244 e. The second-order valence-electron chi connectivity index (χ2n) is 4.87. The van der Waals surface area contributed by atoms with Crippen LogP contribution in [0.3, 0.4) is 0 Å². The summed E-state index contributed by atoms with van der Waals surface area (Å²) < 4.78 is 0. The first-order chi connectivity index (χ1) is 9.31. The molecule has 1 aromatic heterocycles. The Balaban J connectivity index is 2.22. The fraction of sp³-hybridized carbons (Fsp3) is 0.0588. The first-order valence-electron chi connectivity index (χ1n) is 6.37. The van der Waals surface area contributed by atoms with Crippen molar-refractivity contribution in [2.75, 3.05) is 0 Å². The average molecular weight is 244 g/mol. The lowest BCUT2D eigenvalue weighted by Gasteiger charge is -2.05. The maximum absolute atomic E-state index is 4.78. The Hall–Kier alpha value is -2.48. The van der Waals surface area contributed by atoms with E-state index >= 15 is 0 Å². The normalized spacial score (nSPS) is 11.4.